The molecule has 4 unspecified atom stereocenters. The fourth-order valence-electron chi connectivity index (χ4n) is 11.5. The lowest BCUT2D eigenvalue weighted by molar-refractivity contribution is -0.143. The minimum Gasteiger partial charge on any atom is -0.481 e. The van der Waals surface area contributed by atoms with Gasteiger partial charge in [0.05, 0.1) is 0 Å². The average Bonchev–Trinajstić information content (AvgIpc) is 0.883. The molecule has 99 heavy (non-hydrogen) atoms. The Morgan fingerprint density at radius 2 is 0.556 bits per heavy atom. The van der Waals surface area contributed by atoms with Gasteiger partial charge < -0.3 is 71.5 Å². The van der Waals surface area contributed by atoms with Crippen LogP contribution in [-0.4, -0.2) is 210 Å². The molecule has 28 nitrogen and oxygen atoms in total. The molecule has 10 N–H and O–H groups in total. The molecule has 0 aliphatic heterocycles. The van der Waals surface area contributed by atoms with Crippen molar-refractivity contribution >= 4 is 83.1 Å². The molecular formula is C71H116N8O20. The summed E-state index contributed by atoms with van der Waals surface area (Å²) in [6.07, 6.45) is 3.81. The second-order valence-electron chi connectivity index (χ2n) is 26.7. The second kappa shape index (κ2) is 51.9. The summed E-state index contributed by atoms with van der Waals surface area (Å²) in [7, 11) is 0. The van der Waals surface area contributed by atoms with Gasteiger partial charge in [-0.05, 0) is 120 Å². The van der Waals surface area contributed by atoms with Crippen molar-refractivity contribution in [2.45, 2.75) is 258 Å². The van der Waals surface area contributed by atoms with E-state index in [4.69, 9.17) is 15.3 Å². The highest BCUT2D eigenvalue weighted by molar-refractivity contribution is 5.91. The van der Waals surface area contributed by atoms with Gasteiger partial charge in [0.2, 0.25) is 47.3 Å². The third-order valence-corrected chi connectivity index (χ3v) is 16.5. The van der Waals surface area contributed by atoms with E-state index in [2.05, 4.69) is 21.3 Å². The number of rotatable bonds is 59. The number of carbonyl (C=O) groups is 14. The van der Waals surface area contributed by atoms with Crippen LogP contribution in [0, 0.1) is 17.8 Å². The molecule has 1 aromatic rings. The first-order chi connectivity index (χ1) is 46.9. The SMILES string of the molecule is CC(C)CC(C(=O)NCCCCCC(=O)O)N(CCCC(=O)O)C(=O)CCCCCN(C(=O)CCCC(=O)N(CCCC(=O)O)C(CC(C)C)C(=O)NCCCCCC(=O)O)C(Cc1ccccc1)C(=O)NCCC(=O)N(CCCC(=O)O)C(CC(C)C)C(=O)NCCCCCC(=O)O. The summed E-state index contributed by atoms with van der Waals surface area (Å²) in [6, 6.07) is 4.58. The zero-order valence-electron chi connectivity index (χ0n) is 59.5. The molecule has 0 aliphatic carbocycles. The van der Waals surface area contributed by atoms with Crippen LogP contribution in [0.1, 0.15) is 233 Å². The lowest BCUT2D eigenvalue weighted by atomic mass is 9.99. The molecule has 0 bridgehead atoms. The summed E-state index contributed by atoms with van der Waals surface area (Å²) < 4.78 is 0. The van der Waals surface area contributed by atoms with Crippen molar-refractivity contribution in [2.75, 3.05) is 52.4 Å². The van der Waals surface area contributed by atoms with Crippen LogP contribution in [0.3, 0.4) is 0 Å². The minimum absolute atomic E-state index is 0.0106. The Kier molecular flexibility index (Phi) is 46.6. The maximum atomic E-state index is 15.0. The van der Waals surface area contributed by atoms with Crippen molar-refractivity contribution < 1.29 is 97.8 Å². The van der Waals surface area contributed by atoms with Crippen LogP contribution in [0.15, 0.2) is 30.3 Å². The Labute approximate surface area is 583 Å². The lowest BCUT2D eigenvalue weighted by Gasteiger charge is -2.33. The first-order valence-corrected chi connectivity index (χ1v) is 35.6. The molecule has 560 valence electrons. The standard InChI is InChI=1S/C71H116N8O20/c1-50(2)46-54(68(96)72-38-18-8-15-31-62(84)85)77(43-23-34-65(90)91)58(80)28-14-11-21-42-76(59(81)29-22-30-60(82)78(44-24-35-66(92)93)55(47-51(3)4)69(97)73-39-19-9-16-32-63(86)87)57(49-53-26-12-7-13-27-53)71(99)75-41-37-61(83)79(45-25-36-67(94)95)56(48-52(5)6)70(98)74-40-20-10-17-33-64(88)89/h7,12-13,26-27,50-52,54-57H,8-11,14-25,28-49H2,1-6H3,(H,72,96)(H,73,97)(H,74,98)(H,75,99)(H,84,85)(H,86,87)(H,88,89)(H,90,91)(H,92,93)(H,94,95). The summed E-state index contributed by atoms with van der Waals surface area (Å²) in [5.41, 5.74) is 0.647. The highest BCUT2D eigenvalue weighted by Crippen LogP contribution is 2.22. The highest BCUT2D eigenvalue weighted by atomic mass is 16.4. The lowest BCUT2D eigenvalue weighted by Crippen LogP contribution is -2.53. The Balaban J connectivity index is 3.82. The second-order valence-corrected chi connectivity index (χ2v) is 26.7. The third-order valence-electron chi connectivity index (χ3n) is 16.5. The van der Waals surface area contributed by atoms with Gasteiger partial charge in [-0.15, -0.1) is 0 Å². The van der Waals surface area contributed by atoms with Crippen LogP contribution >= 0.6 is 0 Å². The molecule has 0 aromatic heterocycles. The van der Waals surface area contributed by atoms with Gasteiger partial charge in [-0.2, -0.15) is 0 Å². The number of hydrogen-bond acceptors (Lipinski definition) is 14. The van der Waals surface area contributed by atoms with Crippen LogP contribution in [0.2, 0.25) is 0 Å². The number of carboxylic acids is 6. The molecule has 0 spiro atoms. The molecule has 4 atom stereocenters. The molecular weight excluding hydrogens is 1280 g/mol. The number of carbonyl (C=O) groups excluding carboxylic acids is 8. The normalized spacial score (nSPS) is 12.4. The Hall–Kier alpha value is -8.20. The van der Waals surface area contributed by atoms with Crippen molar-refractivity contribution in [1.82, 2.24) is 40.9 Å². The van der Waals surface area contributed by atoms with Crippen molar-refractivity contribution in [3.8, 4) is 0 Å². The molecule has 28 heteroatoms. The van der Waals surface area contributed by atoms with E-state index in [9.17, 15) is 77.6 Å². The summed E-state index contributed by atoms with van der Waals surface area (Å²) in [4.78, 5) is 188. The topological polar surface area (TPSA) is 421 Å². The van der Waals surface area contributed by atoms with Gasteiger partial charge in [0.25, 0.3) is 0 Å². The van der Waals surface area contributed by atoms with Gasteiger partial charge in [0.15, 0.2) is 0 Å². The summed E-state index contributed by atoms with van der Waals surface area (Å²) in [5.74, 6) is -10.5. The molecule has 0 saturated carbocycles. The van der Waals surface area contributed by atoms with Crippen molar-refractivity contribution in [2.24, 2.45) is 17.8 Å². The Morgan fingerprint density at radius 1 is 0.293 bits per heavy atom. The monoisotopic (exact) mass is 1400 g/mol. The van der Waals surface area contributed by atoms with E-state index in [-0.39, 0.29) is 199 Å². The quantitative estimate of drug-likeness (QED) is 0.0286. The van der Waals surface area contributed by atoms with Crippen LogP contribution in [0.5, 0.6) is 0 Å². The Morgan fingerprint density at radius 3 is 0.889 bits per heavy atom. The van der Waals surface area contributed by atoms with Gasteiger partial charge in [-0.3, -0.25) is 67.1 Å². The smallest absolute Gasteiger partial charge is 0.303 e. The molecule has 1 rings (SSSR count). The van der Waals surface area contributed by atoms with Crippen LogP contribution < -0.4 is 21.3 Å². The minimum atomic E-state index is -1.25. The van der Waals surface area contributed by atoms with E-state index < -0.39 is 107 Å². The predicted molar refractivity (Wildman–Crippen MR) is 368 cm³/mol. The fraction of sp³-hybridized carbons (Fsp3) is 0.718. The van der Waals surface area contributed by atoms with E-state index in [1.54, 1.807) is 30.3 Å². The zero-order chi connectivity index (χ0) is 74.2. The van der Waals surface area contributed by atoms with Gasteiger partial charge in [-0.25, -0.2) is 0 Å². The number of benzene rings is 1. The summed E-state index contributed by atoms with van der Waals surface area (Å²) in [6.45, 7) is 11.3. The molecule has 1 aromatic carbocycles. The van der Waals surface area contributed by atoms with E-state index >= 15 is 4.79 Å². The van der Waals surface area contributed by atoms with Crippen molar-refractivity contribution in [3.05, 3.63) is 35.9 Å². The van der Waals surface area contributed by atoms with E-state index in [1.807, 2.05) is 41.5 Å². The number of hydrogen-bond donors (Lipinski definition) is 10. The molecule has 0 fully saturated rings. The maximum absolute atomic E-state index is 15.0. The van der Waals surface area contributed by atoms with Crippen LogP contribution in [-0.2, 0) is 73.5 Å². The number of amides is 8. The molecule has 0 heterocycles. The first kappa shape index (κ1) is 88.8. The average molecular weight is 1400 g/mol. The Bertz CT molecular complexity index is 2680. The molecule has 0 aliphatic rings. The fourth-order valence-corrected chi connectivity index (χ4v) is 11.5. The van der Waals surface area contributed by atoms with Crippen molar-refractivity contribution in [3.63, 3.8) is 0 Å². The number of unbranched alkanes of at least 4 members (excludes halogenated alkanes) is 8. The van der Waals surface area contributed by atoms with Crippen LogP contribution in [0.25, 0.3) is 0 Å². The number of nitrogens with zero attached hydrogens (tertiary/aromatic N) is 4. The zero-order valence-corrected chi connectivity index (χ0v) is 59.5. The summed E-state index contributed by atoms with van der Waals surface area (Å²) >= 11 is 0. The van der Waals surface area contributed by atoms with Crippen molar-refractivity contribution in [1.29, 1.82) is 0 Å². The van der Waals surface area contributed by atoms with Gasteiger partial charge in [0.1, 0.15) is 24.2 Å². The van der Waals surface area contributed by atoms with Gasteiger partial charge >= 0.3 is 35.8 Å². The summed E-state index contributed by atoms with van der Waals surface area (Å²) in [5, 5.41) is 67.2. The first-order valence-electron chi connectivity index (χ1n) is 35.6. The van der Waals surface area contributed by atoms with Gasteiger partial charge in [0, 0.05) is 123 Å². The third kappa shape index (κ3) is 41.7. The number of carboxylic acid groups (broad SMARTS) is 6. The number of nitrogens with one attached hydrogen (secondary N) is 4. The molecule has 0 radical (unpaired) electrons. The number of aliphatic carboxylic acids is 6. The van der Waals surface area contributed by atoms with E-state index in [1.165, 1.54) is 19.6 Å². The predicted octanol–water partition coefficient (Wildman–Crippen LogP) is 7.27. The largest absolute Gasteiger partial charge is 0.481 e. The van der Waals surface area contributed by atoms with Gasteiger partial charge in [-0.1, -0.05) is 97.6 Å². The van der Waals surface area contributed by atoms with E-state index in [0.29, 0.717) is 69.8 Å². The molecule has 0 saturated heterocycles. The van der Waals surface area contributed by atoms with Crippen LogP contribution in [0.4, 0.5) is 0 Å². The maximum Gasteiger partial charge on any atom is 0.303 e. The van der Waals surface area contributed by atoms with E-state index in [0.717, 1.165) is 0 Å². The molecule has 8 amide bonds. The highest BCUT2D eigenvalue weighted by Gasteiger charge is 2.35.